The van der Waals surface area contributed by atoms with E-state index in [1.165, 1.54) is 33.6 Å². The number of urea groups is 1. The molecule has 3 aromatic rings. The van der Waals surface area contributed by atoms with Gasteiger partial charge in [-0.25, -0.2) is 9.78 Å². The largest absolute Gasteiger partial charge is 0.336 e. The predicted molar refractivity (Wildman–Crippen MR) is 137 cm³/mol. The van der Waals surface area contributed by atoms with Crippen molar-refractivity contribution in [3.05, 3.63) is 76.2 Å². The lowest BCUT2D eigenvalue weighted by Crippen LogP contribution is -2.55. The van der Waals surface area contributed by atoms with Crippen molar-refractivity contribution in [3.8, 4) is 11.1 Å². The van der Waals surface area contributed by atoms with E-state index in [1.807, 2.05) is 26.1 Å². The number of hydrogen-bond acceptors (Lipinski definition) is 4. The van der Waals surface area contributed by atoms with Gasteiger partial charge in [0.15, 0.2) is 5.01 Å². The molecule has 3 aliphatic heterocycles. The smallest absolute Gasteiger partial charge is 0.320 e. The third kappa shape index (κ3) is 4.57. The van der Waals surface area contributed by atoms with Gasteiger partial charge in [-0.1, -0.05) is 48.5 Å². The Kier molecular flexibility index (Phi) is 6.02. The quantitative estimate of drug-likeness (QED) is 0.534. The van der Waals surface area contributed by atoms with Gasteiger partial charge in [0, 0.05) is 50.8 Å². The van der Waals surface area contributed by atoms with Gasteiger partial charge in [-0.3, -0.25) is 4.79 Å². The van der Waals surface area contributed by atoms with E-state index in [4.69, 9.17) is 0 Å². The summed E-state index contributed by atoms with van der Waals surface area (Å²) in [6.45, 7) is 4.79. The molecular weight excluding hydrogens is 456 g/mol. The third-order valence-electron chi connectivity index (χ3n) is 7.68. The van der Waals surface area contributed by atoms with E-state index >= 15 is 0 Å². The van der Waals surface area contributed by atoms with Crippen molar-refractivity contribution in [1.29, 1.82) is 0 Å². The number of nitrogens with zero attached hydrogens (tertiary/aromatic N) is 4. The second-order valence-electron chi connectivity index (χ2n) is 10.1. The highest BCUT2D eigenvalue weighted by molar-refractivity contribution is 7.11. The van der Waals surface area contributed by atoms with E-state index in [2.05, 4.69) is 47.4 Å². The van der Waals surface area contributed by atoms with Crippen LogP contribution in [-0.4, -0.2) is 64.3 Å². The maximum absolute atomic E-state index is 13.1. The van der Waals surface area contributed by atoms with Gasteiger partial charge in [-0.2, -0.15) is 0 Å². The van der Waals surface area contributed by atoms with Crippen LogP contribution in [0.15, 0.2) is 60.1 Å². The number of fused-ring (bicyclic) bond motifs is 1. The summed E-state index contributed by atoms with van der Waals surface area (Å²) in [6, 6.07) is 17.3. The van der Waals surface area contributed by atoms with Gasteiger partial charge in [-0.15, -0.1) is 11.3 Å². The highest BCUT2D eigenvalue weighted by Gasteiger charge is 2.37. The Morgan fingerprint density at radius 1 is 0.886 bits per heavy atom. The molecule has 0 N–H and O–H groups in total. The molecule has 1 aromatic heterocycles. The fourth-order valence-electron chi connectivity index (χ4n) is 5.75. The molecule has 0 spiro atoms. The topological polar surface area (TPSA) is 56.8 Å². The Morgan fingerprint density at radius 2 is 1.71 bits per heavy atom. The van der Waals surface area contributed by atoms with Gasteiger partial charge in [0.2, 0.25) is 0 Å². The van der Waals surface area contributed by atoms with Gasteiger partial charge in [0.05, 0.1) is 0 Å². The van der Waals surface area contributed by atoms with Crippen LogP contribution in [0, 0.1) is 11.8 Å². The minimum Gasteiger partial charge on any atom is -0.336 e. The highest BCUT2D eigenvalue weighted by Crippen LogP contribution is 2.32. The van der Waals surface area contributed by atoms with Crippen LogP contribution in [0.4, 0.5) is 4.79 Å². The van der Waals surface area contributed by atoms with Crippen LogP contribution >= 0.6 is 11.3 Å². The molecule has 3 aliphatic rings. The van der Waals surface area contributed by atoms with Crippen LogP contribution in [0.5, 0.6) is 0 Å². The van der Waals surface area contributed by atoms with Crippen molar-refractivity contribution in [3.63, 3.8) is 0 Å². The van der Waals surface area contributed by atoms with E-state index < -0.39 is 0 Å². The third-order valence-corrected chi connectivity index (χ3v) is 8.44. The summed E-state index contributed by atoms with van der Waals surface area (Å²) >= 11 is 1.41. The lowest BCUT2D eigenvalue weighted by molar-refractivity contribution is 0.0729. The minimum absolute atomic E-state index is 0.0641. The molecule has 3 amide bonds. The van der Waals surface area contributed by atoms with Crippen molar-refractivity contribution in [2.75, 3.05) is 32.7 Å². The number of carbonyl (C=O) groups is 2. The van der Waals surface area contributed by atoms with Crippen molar-refractivity contribution >= 4 is 23.3 Å². The fourth-order valence-corrected chi connectivity index (χ4v) is 6.35. The van der Waals surface area contributed by atoms with Gasteiger partial charge >= 0.3 is 6.03 Å². The molecule has 0 unspecified atom stereocenters. The molecule has 0 bridgehead atoms. The van der Waals surface area contributed by atoms with Crippen LogP contribution in [0.3, 0.4) is 0 Å². The number of likely N-dealkylation sites (tertiary alicyclic amines) is 2. The zero-order valence-corrected chi connectivity index (χ0v) is 20.6. The number of rotatable bonds is 4. The summed E-state index contributed by atoms with van der Waals surface area (Å²) in [6.07, 6.45) is 4.74. The maximum atomic E-state index is 13.1. The summed E-state index contributed by atoms with van der Waals surface area (Å²) in [4.78, 5) is 35.8. The van der Waals surface area contributed by atoms with Gasteiger partial charge in [0.25, 0.3) is 5.91 Å². The first-order chi connectivity index (χ1) is 17.1. The summed E-state index contributed by atoms with van der Waals surface area (Å²) in [7, 11) is 0. The number of benzene rings is 2. The average Bonchev–Trinajstić information content (AvgIpc) is 3.58. The SMILES string of the molecule is O=C(c1nccs1)N1CC[C@H](CC2CN(C(=O)N3CCc4cc(-c5ccccc5)ccc4C3)C2)C1. The van der Waals surface area contributed by atoms with Gasteiger partial charge in [0.1, 0.15) is 0 Å². The summed E-state index contributed by atoms with van der Waals surface area (Å²) < 4.78 is 0. The Hall–Kier alpha value is -3.19. The van der Waals surface area contributed by atoms with Crippen molar-refractivity contribution in [2.45, 2.75) is 25.8 Å². The van der Waals surface area contributed by atoms with Gasteiger partial charge in [-0.05, 0) is 53.4 Å². The molecule has 6 rings (SSSR count). The molecular formula is C28H30N4O2S. The van der Waals surface area contributed by atoms with E-state index in [-0.39, 0.29) is 11.9 Å². The molecule has 2 aromatic carbocycles. The first kappa shape index (κ1) is 22.3. The highest BCUT2D eigenvalue weighted by atomic mass is 32.1. The van der Waals surface area contributed by atoms with Gasteiger partial charge < -0.3 is 14.7 Å². The zero-order valence-electron chi connectivity index (χ0n) is 19.8. The molecule has 180 valence electrons. The lowest BCUT2D eigenvalue weighted by atomic mass is 9.88. The van der Waals surface area contributed by atoms with E-state index in [0.717, 1.165) is 52.0 Å². The van der Waals surface area contributed by atoms with Crippen molar-refractivity contribution < 1.29 is 9.59 Å². The Labute approximate surface area is 210 Å². The number of amides is 3. The first-order valence-electron chi connectivity index (χ1n) is 12.5. The maximum Gasteiger partial charge on any atom is 0.320 e. The van der Waals surface area contributed by atoms with Crippen molar-refractivity contribution in [2.24, 2.45) is 11.8 Å². The van der Waals surface area contributed by atoms with Crippen LogP contribution in [0.25, 0.3) is 11.1 Å². The zero-order chi connectivity index (χ0) is 23.8. The summed E-state index contributed by atoms with van der Waals surface area (Å²) in [5.74, 6) is 1.14. The van der Waals surface area contributed by atoms with Crippen LogP contribution in [-0.2, 0) is 13.0 Å². The number of hydrogen-bond donors (Lipinski definition) is 0. The molecule has 4 heterocycles. The Morgan fingerprint density at radius 3 is 2.51 bits per heavy atom. The second kappa shape index (κ2) is 9.46. The monoisotopic (exact) mass is 486 g/mol. The molecule has 2 fully saturated rings. The molecule has 0 aliphatic carbocycles. The first-order valence-corrected chi connectivity index (χ1v) is 13.4. The molecule has 0 radical (unpaired) electrons. The normalized spacial score (nSPS) is 20.0. The lowest BCUT2D eigenvalue weighted by Gasteiger charge is -2.43. The summed E-state index contributed by atoms with van der Waals surface area (Å²) in [5, 5.41) is 2.44. The van der Waals surface area contributed by atoms with Crippen LogP contribution in [0.1, 0.15) is 33.8 Å². The van der Waals surface area contributed by atoms with Crippen molar-refractivity contribution in [1.82, 2.24) is 19.7 Å². The summed E-state index contributed by atoms with van der Waals surface area (Å²) in [5.41, 5.74) is 5.10. The predicted octanol–water partition coefficient (Wildman–Crippen LogP) is 4.77. The van der Waals surface area contributed by atoms with E-state index in [9.17, 15) is 9.59 Å². The van der Waals surface area contributed by atoms with Crippen LogP contribution in [0.2, 0.25) is 0 Å². The Bertz CT molecular complexity index is 1210. The molecule has 35 heavy (non-hydrogen) atoms. The van der Waals surface area contributed by atoms with Crippen LogP contribution < -0.4 is 0 Å². The Balaban J connectivity index is 0.988. The van der Waals surface area contributed by atoms with E-state index in [0.29, 0.717) is 23.4 Å². The standard InChI is InChI=1S/C28H30N4O2S/c33-27(26-29-10-13-35-26)30-11-8-20(16-30)14-21-17-32(18-21)28(34)31-12-9-24-15-23(6-7-25(24)19-31)22-4-2-1-3-5-22/h1-7,10,13,15,20-21H,8-9,11-12,14,16-19H2/t20-/m1/s1. The minimum atomic E-state index is 0.0641. The number of carbonyl (C=O) groups excluding carboxylic acids is 2. The molecule has 2 saturated heterocycles. The molecule has 0 saturated carbocycles. The molecule has 6 nitrogen and oxygen atoms in total. The molecule has 1 atom stereocenters. The second-order valence-corrected chi connectivity index (χ2v) is 10.9. The fraction of sp³-hybridized carbons (Fsp3) is 0.393. The number of aromatic nitrogens is 1. The van der Waals surface area contributed by atoms with E-state index in [1.54, 1.807) is 6.20 Å². The average molecular weight is 487 g/mol. The number of thiazole rings is 1. The molecule has 7 heteroatoms.